The number of carbonyl (C=O) groups is 1. The number of unbranched alkanes of at least 4 members (excludes halogenated alkanes) is 1. The van der Waals surface area contributed by atoms with E-state index in [0.717, 1.165) is 19.3 Å². The van der Waals surface area contributed by atoms with Gasteiger partial charge in [0.25, 0.3) is 0 Å². The van der Waals surface area contributed by atoms with Gasteiger partial charge in [0.1, 0.15) is 6.10 Å². The summed E-state index contributed by atoms with van der Waals surface area (Å²) in [5.41, 5.74) is 0. The van der Waals surface area contributed by atoms with Crippen LogP contribution in [0.25, 0.3) is 0 Å². The minimum absolute atomic E-state index is 0.0425. The molecule has 0 radical (unpaired) electrons. The van der Waals surface area contributed by atoms with Crippen molar-refractivity contribution in [1.82, 2.24) is 0 Å². The third kappa shape index (κ3) is 6.01. The molecule has 0 aliphatic heterocycles. The highest BCUT2D eigenvalue weighted by Crippen LogP contribution is 1.99. The molecule has 12 heavy (non-hydrogen) atoms. The quantitative estimate of drug-likeness (QED) is 0.475. The lowest BCUT2D eigenvalue weighted by atomic mass is 10.3. The van der Waals surface area contributed by atoms with Crippen LogP contribution in [0, 0.1) is 0 Å². The molecule has 0 spiro atoms. The summed E-state index contributed by atoms with van der Waals surface area (Å²) < 4.78 is 9.68. The maximum absolute atomic E-state index is 10.8. The Hall–Kier alpha value is -0.730. The third-order valence-corrected chi connectivity index (χ3v) is 1.59. The summed E-state index contributed by atoms with van der Waals surface area (Å²) in [7, 11) is 0. The van der Waals surface area contributed by atoms with Gasteiger partial charge in [0.15, 0.2) is 0 Å². The summed E-state index contributed by atoms with van der Waals surface area (Å²) in [5, 5.41) is 0. The second-order valence-electron chi connectivity index (χ2n) is 2.79. The van der Waals surface area contributed by atoms with E-state index in [1.165, 1.54) is 0 Å². The van der Waals surface area contributed by atoms with E-state index in [9.17, 15) is 4.79 Å². The molecule has 0 rings (SSSR count). The Kier molecular flexibility index (Phi) is 6.53. The fourth-order valence-corrected chi connectivity index (χ4v) is 0.581. The first-order chi connectivity index (χ1) is 5.70. The first-order valence-electron chi connectivity index (χ1n) is 4.54. The van der Waals surface area contributed by atoms with E-state index in [4.69, 9.17) is 9.47 Å². The average molecular weight is 174 g/mol. The summed E-state index contributed by atoms with van der Waals surface area (Å²) in [6.07, 6.45) is 2.16. The molecule has 0 bridgehead atoms. The first kappa shape index (κ1) is 11.3. The summed E-state index contributed by atoms with van der Waals surface area (Å²) in [4.78, 5) is 10.8. The van der Waals surface area contributed by atoms with E-state index >= 15 is 0 Å². The van der Waals surface area contributed by atoms with Crippen LogP contribution in [-0.4, -0.2) is 18.9 Å². The van der Waals surface area contributed by atoms with Gasteiger partial charge in [-0.25, -0.2) is 4.79 Å². The molecule has 0 amide bonds. The summed E-state index contributed by atoms with van der Waals surface area (Å²) >= 11 is 0. The number of ether oxygens (including phenoxy) is 2. The van der Waals surface area contributed by atoms with Gasteiger partial charge >= 0.3 is 6.16 Å². The van der Waals surface area contributed by atoms with Gasteiger partial charge in [0, 0.05) is 0 Å². The zero-order valence-corrected chi connectivity index (χ0v) is 8.13. The molecule has 1 atom stereocenters. The zero-order chi connectivity index (χ0) is 9.40. The molecule has 0 aliphatic rings. The Morgan fingerprint density at radius 3 is 2.58 bits per heavy atom. The van der Waals surface area contributed by atoms with E-state index in [-0.39, 0.29) is 6.10 Å². The average Bonchev–Trinajstić information content (AvgIpc) is 2.05. The molecular weight excluding hydrogens is 156 g/mol. The Bertz CT molecular complexity index is 123. The molecule has 3 heteroatoms. The molecular formula is C9H18O3. The molecule has 0 saturated carbocycles. The van der Waals surface area contributed by atoms with Gasteiger partial charge in [0.05, 0.1) is 6.61 Å². The molecule has 0 N–H and O–H groups in total. The molecule has 0 heterocycles. The van der Waals surface area contributed by atoms with Crippen molar-refractivity contribution in [3.8, 4) is 0 Å². The maximum atomic E-state index is 10.8. The van der Waals surface area contributed by atoms with Crippen molar-refractivity contribution in [2.75, 3.05) is 6.61 Å². The van der Waals surface area contributed by atoms with E-state index in [1.54, 1.807) is 0 Å². The molecule has 0 aromatic carbocycles. The fraction of sp³-hybridized carbons (Fsp3) is 0.889. The third-order valence-electron chi connectivity index (χ3n) is 1.59. The van der Waals surface area contributed by atoms with E-state index in [0.29, 0.717) is 6.61 Å². The topological polar surface area (TPSA) is 35.5 Å². The van der Waals surface area contributed by atoms with Crippen LogP contribution in [0.5, 0.6) is 0 Å². The van der Waals surface area contributed by atoms with Gasteiger partial charge in [0.2, 0.25) is 0 Å². The lowest BCUT2D eigenvalue weighted by molar-refractivity contribution is 0.0275. The van der Waals surface area contributed by atoms with Crippen molar-refractivity contribution >= 4 is 6.16 Å². The molecule has 0 saturated heterocycles. The molecule has 0 aromatic rings. The van der Waals surface area contributed by atoms with Gasteiger partial charge in [-0.1, -0.05) is 20.3 Å². The predicted molar refractivity (Wildman–Crippen MR) is 47.1 cm³/mol. The van der Waals surface area contributed by atoms with Crippen LogP contribution in [0.15, 0.2) is 0 Å². The number of rotatable bonds is 5. The largest absolute Gasteiger partial charge is 0.508 e. The highest BCUT2D eigenvalue weighted by atomic mass is 16.7. The van der Waals surface area contributed by atoms with Gasteiger partial charge in [-0.15, -0.1) is 0 Å². The van der Waals surface area contributed by atoms with Crippen molar-refractivity contribution in [2.45, 2.75) is 46.1 Å². The van der Waals surface area contributed by atoms with Crippen molar-refractivity contribution in [2.24, 2.45) is 0 Å². The molecule has 1 unspecified atom stereocenters. The van der Waals surface area contributed by atoms with Gasteiger partial charge in [-0.3, -0.25) is 0 Å². The smallest absolute Gasteiger partial charge is 0.434 e. The predicted octanol–water partition coefficient (Wildman–Crippen LogP) is 2.74. The minimum Gasteiger partial charge on any atom is -0.434 e. The number of carbonyl (C=O) groups excluding carboxylic acids is 1. The second-order valence-corrected chi connectivity index (χ2v) is 2.79. The Morgan fingerprint density at radius 2 is 2.08 bits per heavy atom. The van der Waals surface area contributed by atoms with Crippen molar-refractivity contribution in [1.29, 1.82) is 0 Å². The van der Waals surface area contributed by atoms with Crippen LogP contribution in [0.4, 0.5) is 4.79 Å². The first-order valence-corrected chi connectivity index (χ1v) is 4.54. The summed E-state index contributed by atoms with van der Waals surface area (Å²) in [6, 6.07) is 0. The minimum atomic E-state index is -0.544. The second kappa shape index (κ2) is 6.95. The summed E-state index contributed by atoms with van der Waals surface area (Å²) in [5.74, 6) is 0. The van der Waals surface area contributed by atoms with Crippen molar-refractivity contribution < 1.29 is 14.3 Å². The van der Waals surface area contributed by atoms with Crippen LogP contribution in [0.1, 0.15) is 40.0 Å². The normalized spacial score (nSPS) is 12.2. The molecule has 72 valence electrons. The van der Waals surface area contributed by atoms with Crippen molar-refractivity contribution in [3.05, 3.63) is 0 Å². The highest BCUT2D eigenvalue weighted by molar-refractivity contribution is 5.59. The lowest BCUT2D eigenvalue weighted by Gasteiger charge is -2.10. The molecule has 0 aliphatic carbocycles. The van der Waals surface area contributed by atoms with Crippen LogP contribution < -0.4 is 0 Å². The van der Waals surface area contributed by atoms with Crippen molar-refractivity contribution in [3.63, 3.8) is 0 Å². The maximum Gasteiger partial charge on any atom is 0.508 e. The van der Waals surface area contributed by atoms with Gasteiger partial charge < -0.3 is 9.47 Å². The van der Waals surface area contributed by atoms with E-state index < -0.39 is 6.16 Å². The zero-order valence-electron chi connectivity index (χ0n) is 8.13. The number of hydrogen-bond donors (Lipinski definition) is 0. The van der Waals surface area contributed by atoms with E-state index in [1.807, 2.05) is 20.8 Å². The van der Waals surface area contributed by atoms with Gasteiger partial charge in [-0.2, -0.15) is 0 Å². The standard InChI is InChI=1S/C9H18O3/c1-4-6-7-11-9(10)12-8(3)5-2/h8H,4-7H2,1-3H3. The monoisotopic (exact) mass is 174 g/mol. The molecule has 3 nitrogen and oxygen atoms in total. The van der Waals surface area contributed by atoms with Crippen LogP contribution >= 0.6 is 0 Å². The van der Waals surface area contributed by atoms with Gasteiger partial charge in [-0.05, 0) is 19.8 Å². The Labute approximate surface area is 74.0 Å². The number of hydrogen-bond acceptors (Lipinski definition) is 3. The Morgan fingerprint density at radius 1 is 1.42 bits per heavy atom. The lowest BCUT2D eigenvalue weighted by Crippen LogP contribution is -2.15. The molecule has 0 fully saturated rings. The van der Waals surface area contributed by atoms with E-state index in [2.05, 4.69) is 0 Å². The Balaban J connectivity index is 3.33. The van der Waals surface area contributed by atoms with Crippen LogP contribution in [0.3, 0.4) is 0 Å². The van der Waals surface area contributed by atoms with Crippen LogP contribution in [-0.2, 0) is 9.47 Å². The molecule has 0 aromatic heterocycles. The van der Waals surface area contributed by atoms with Crippen LogP contribution in [0.2, 0.25) is 0 Å². The highest BCUT2D eigenvalue weighted by Gasteiger charge is 2.07. The summed E-state index contributed by atoms with van der Waals surface area (Å²) in [6.45, 7) is 6.32. The fourth-order valence-electron chi connectivity index (χ4n) is 0.581. The SMILES string of the molecule is CCCCOC(=O)OC(C)CC.